The van der Waals surface area contributed by atoms with Gasteiger partial charge in [-0.25, -0.2) is 4.98 Å². The van der Waals surface area contributed by atoms with Gasteiger partial charge < -0.3 is 16.4 Å². The number of anilines is 2. The fourth-order valence-electron chi connectivity index (χ4n) is 2.68. The summed E-state index contributed by atoms with van der Waals surface area (Å²) in [5.41, 5.74) is 11.3. The lowest BCUT2D eigenvalue weighted by atomic mass is 10.2. The Morgan fingerprint density at radius 3 is 3.05 bits per heavy atom. The van der Waals surface area contributed by atoms with Crippen LogP contribution in [-0.2, 0) is 11.2 Å². The molecule has 3 rings (SSSR count). The van der Waals surface area contributed by atoms with E-state index in [1.54, 1.807) is 11.3 Å². The van der Waals surface area contributed by atoms with Gasteiger partial charge in [-0.15, -0.1) is 11.3 Å². The Morgan fingerprint density at radius 1 is 1.55 bits per heavy atom. The van der Waals surface area contributed by atoms with Gasteiger partial charge in [0.2, 0.25) is 11.9 Å². The van der Waals surface area contributed by atoms with Gasteiger partial charge in [-0.1, -0.05) is 6.92 Å². The first-order valence-electron chi connectivity index (χ1n) is 6.72. The predicted molar refractivity (Wildman–Crippen MR) is 80.8 cm³/mol. The number of nitrogens with two attached hydrogens (primary N) is 2. The molecule has 0 spiro atoms. The van der Waals surface area contributed by atoms with Gasteiger partial charge >= 0.3 is 0 Å². The van der Waals surface area contributed by atoms with Crippen molar-refractivity contribution in [2.45, 2.75) is 32.2 Å². The van der Waals surface area contributed by atoms with Crippen LogP contribution in [0.1, 0.15) is 24.6 Å². The molecule has 1 saturated heterocycles. The molecule has 7 heteroatoms. The van der Waals surface area contributed by atoms with Crippen LogP contribution in [-0.4, -0.2) is 28.5 Å². The second-order valence-electron chi connectivity index (χ2n) is 4.94. The number of carbonyl (C=O) groups excluding carboxylic acids is 1. The number of rotatable bonds is 3. The van der Waals surface area contributed by atoms with Crippen LogP contribution < -0.4 is 16.4 Å². The average molecular weight is 291 g/mol. The topological polar surface area (TPSA) is 98.1 Å². The zero-order valence-electron chi connectivity index (χ0n) is 11.3. The second-order valence-corrected chi connectivity index (χ2v) is 6.06. The smallest absolute Gasteiger partial charge is 0.240 e. The van der Waals surface area contributed by atoms with Crippen molar-refractivity contribution < 1.29 is 4.79 Å². The summed E-state index contributed by atoms with van der Waals surface area (Å²) in [6.07, 6.45) is 2.65. The van der Waals surface area contributed by atoms with E-state index in [9.17, 15) is 4.79 Å². The van der Waals surface area contributed by atoms with E-state index >= 15 is 0 Å². The number of aromatic nitrogens is 2. The number of fused-ring (bicyclic) bond motifs is 1. The Bertz CT molecular complexity index is 668. The third-order valence-electron chi connectivity index (χ3n) is 3.64. The minimum atomic E-state index is -0.307. The van der Waals surface area contributed by atoms with E-state index in [2.05, 4.69) is 23.0 Å². The van der Waals surface area contributed by atoms with Crippen molar-refractivity contribution in [1.29, 1.82) is 0 Å². The molecule has 3 heterocycles. The highest BCUT2D eigenvalue weighted by molar-refractivity contribution is 7.18. The number of primary amides is 1. The highest BCUT2D eigenvalue weighted by Gasteiger charge is 2.31. The number of thiophene rings is 1. The maximum absolute atomic E-state index is 11.6. The van der Waals surface area contributed by atoms with E-state index < -0.39 is 0 Å². The van der Waals surface area contributed by atoms with Gasteiger partial charge in [-0.2, -0.15) is 4.98 Å². The van der Waals surface area contributed by atoms with Gasteiger partial charge in [0.25, 0.3) is 0 Å². The summed E-state index contributed by atoms with van der Waals surface area (Å²) >= 11 is 1.62. The van der Waals surface area contributed by atoms with Crippen LogP contribution in [0.3, 0.4) is 0 Å². The van der Waals surface area contributed by atoms with Crippen molar-refractivity contribution in [1.82, 2.24) is 9.97 Å². The summed E-state index contributed by atoms with van der Waals surface area (Å²) in [5, 5.41) is 0.967. The number of hydrogen-bond acceptors (Lipinski definition) is 6. The first-order valence-corrected chi connectivity index (χ1v) is 7.53. The largest absolute Gasteiger partial charge is 0.368 e. The van der Waals surface area contributed by atoms with Crippen molar-refractivity contribution in [3.8, 4) is 0 Å². The molecule has 0 aliphatic carbocycles. The van der Waals surface area contributed by atoms with Crippen molar-refractivity contribution in [3.63, 3.8) is 0 Å². The molecule has 2 aromatic heterocycles. The fraction of sp³-hybridized carbons (Fsp3) is 0.462. The highest BCUT2D eigenvalue weighted by atomic mass is 32.1. The Hall–Kier alpha value is -1.89. The van der Waals surface area contributed by atoms with Gasteiger partial charge in [0.1, 0.15) is 16.7 Å². The average Bonchev–Trinajstić information content (AvgIpc) is 3.03. The molecule has 106 valence electrons. The molecule has 6 nitrogen and oxygen atoms in total. The molecule has 1 fully saturated rings. The van der Waals surface area contributed by atoms with Gasteiger partial charge in [-0.3, -0.25) is 4.79 Å². The third kappa shape index (κ3) is 2.07. The molecule has 20 heavy (non-hydrogen) atoms. The molecule has 0 saturated carbocycles. The summed E-state index contributed by atoms with van der Waals surface area (Å²) < 4.78 is 0. The number of hydrogen-bond donors (Lipinski definition) is 2. The lowest BCUT2D eigenvalue weighted by molar-refractivity contribution is -0.119. The molecule has 4 N–H and O–H groups in total. The minimum Gasteiger partial charge on any atom is -0.368 e. The van der Waals surface area contributed by atoms with Crippen LogP contribution in [0.5, 0.6) is 0 Å². The summed E-state index contributed by atoms with van der Waals surface area (Å²) in [5.74, 6) is 0.677. The molecule has 1 unspecified atom stereocenters. The molecular formula is C13H17N5OS. The van der Waals surface area contributed by atoms with Gasteiger partial charge in [0.05, 0.1) is 5.39 Å². The molecule has 0 bridgehead atoms. The van der Waals surface area contributed by atoms with Crippen LogP contribution in [0.25, 0.3) is 10.2 Å². The van der Waals surface area contributed by atoms with Crippen molar-refractivity contribution in [2.75, 3.05) is 17.2 Å². The number of nitrogens with zero attached hydrogens (tertiary/aromatic N) is 3. The first-order chi connectivity index (χ1) is 9.60. The van der Waals surface area contributed by atoms with Gasteiger partial charge in [0, 0.05) is 11.4 Å². The molecule has 1 amide bonds. The van der Waals surface area contributed by atoms with Crippen LogP contribution in [0.2, 0.25) is 0 Å². The molecule has 1 aliphatic heterocycles. The van der Waals surface area contributed by atoms with Gasteiger partial charge in [-0.05, 0) is 25.3 Å². The third-order valence-corrected chi connectivity index (χ3v) is 4.82. The molecule has 2 aromatic rings. The fourth-order valence-corrected chi connectivity index (χ4v) is 3.65. The quantitative estimate of drug-likeness (QED) is 0.888. The molecule has 1 aliphatic rings. The summed E-state index contributed by atoms with van der Waals surface area (Å²) in [6.45, 7) is 2.87. The molecule has 1 atom stereocenters. The van der Waals surface area contributed by atoms with Crippen molar-refractivity contribution in [3.05, 3.63) is 10.9 Å². The van der Waals surface area contributed by atoms with E-state index in [1.165, 1.54) is 4.88 Å². The predicted octanol–water partition coefficient (Wildman–Crippen LogP) is 1.29. The van der Waals surface area contributed by atoms with E-state index in [1.807, 2.05) is 4.90 Å². The van der Waals surface area contributed by atoms with E-state index in [4.69, 9.17) is 11.5 Å². The summed E-state index contributed by atoms with van der Waals surface area (Å²) in [6, 6.07) is 1.79. The first kappa shape index (κ1) is 13.1. The molecule has 0 aromatic carbocycles. The lowest BCUT2D eigenvalue weighted by Crippen LogP contribution is -2.40. The number of amides is 1. The lowest BCUT2D eigenvalue weighted by Gasteiger charge is -2.23. The highest BCUT2D eigenvalue weighted by Crippen LogP contribution is 2.35. The summed E-state index contributed by atoms with van der Waals surface area (Å²) in [7, 11) is 0. The maximum atomic E-state index is 11.6. The Kier molecular flexibility index (Phi) is 3.21. The zero-order chi connectivity index (χ0) is 14.3. The Labute approximate surface area is 120 Å². The Balaban J connectivity index is 2.14. The van der Waals surface area contributed by atoms with Crippen molar-refractivity contribution in [2.24, 2.45) is 5.73 Å². The second kappa shape index (κ2) is 4.90. The standard InChI is InChI=1S/C13H17N5OS/c1-2-7-6-8-11(16-13(15)17-12(8)20-7)18-5-3-4-9(18)10(14)19/h6,9H,2-5H2,1H3,(H2,14,19)(H2,15,16,17). The van der Waals surface area contributed by atoms with Crippen LogP contribution in [0.15, 0.2) is 6.07 Å². The molecular weight excluding hydrogens is 274 g/mol. The number of aryl methyl sites for hydroxylation is 1. The van der Waals surface area contributed by atoms with Crippen LogP contribution >= 0.6 is 11.3 Å². The van der Waals surface area contributed by atoms with E-state index in [0.717, 1.165) is 41.8 Å². The molecule has 0 radical (unpaired) electrons. The van der Waals surface area contributed by atoms with E-state index in [-0.39, 0.29) is 17.9 Å². The number of nitrogen functional groups attached to an aromatic ring is 1. The Morgan fingerprint density at radius 2 is 2.35 bits per heavy atom. The van der Waals surface area contributed by atoms with Crippen LogP contribution in [0.4, 0.5) is 11.8 Å². The maximum Gasteiger partial charge on any atom is 0.240 e. The monoisotopic (exact) mass is 291 g/mol. The SMILES string of the molecule is CCc1cc2c(N3CCCC3C(N)=O)nc(N)nc2s1. The van der Waals surface area contributed by atoms with Crippen molar-refractivity contribution >= 4 is 39.2 Å². The van der Waals surface area contributed by atoms with Gasteiger partial charge in [0.15, 0.2) is 0 Å². The normalized spacial score (nSPS) is 18.9. The van der Waals surface area contributed by atoms with Crippen LogP contribution in [0, 0.1) is 0 Å². The summed E-state index contributed by atoms with van der Waals surface area (Å²) in [4.78, 5) is 24.3. The zero-order valence-corrected chi connectivity index (χ0v) is 12.1. The van der Waals surface area contributed by atoms with E-state index in [0.29, 0.717) is 0 Å². The minimum absolute atomic E-state index is 0.243. The number of carbonyl (C=O) groups is 1.